The number of hydrogen-bond donors (Lipinski definition) is 0. The number of fused-ring (bicyclic) bond motifs is 1. The lowest BCUT2D eigenvalue weighted by molar-refractivity contribution is 1.11. The summed E-state index contributed by atoms with van der Waals surface area (Å²) < 4.78 is 0. The molecule has 0 amide bonds. The van der Waals surface area contributed by atoms with Crippen molar-refractivity contribution in [2.75, 3.05) is 0 Å². The van der Waals surface area contributed by atoms with Crippen molar-refractivity contribution in [2.45, 2.75) is 17.7 Å². The van der Waals surface area contributed by atoms with Crippen LogP contribution in [0.5, 0.6) is 0 Å². The SMILES string of the molecule is Cc1ccc(-c2csc3ncnc(SCc4c(Cl)cc(Cl)cc4Cl)c23)cc1. The van der Waals surface area contributed by atoms with Gasteiger partial charge in [-0.25, -0.2) is 9.97 Å². The lowest BCUT2D eigenvalue weighted by Crippen LogP contribution is -1.89. The summed E-state index contributed by atoms with van der Waals surface area (Å²) in [6.07, 6.45) is 1.60. The molecule has 0 aliphatic rings. The molecule has 0 saturated carbocycles. The predicted octanol–water partition coefficient (Wildman–Crippen LogP) is 7.92. The van der Waals surface area contributed by atoms with Gasteiger partial charge < -0.3 is 0 Å². The van der Waals surface area contributed by atoms with E-state index in [0.29, 0.717) is 20.8 Å². The van der Waals surface area contributed by atoms with Gasteiger partial charge in [0.1, 0.15) is 16.2 Å². The van der Waals surface area contributed by atoms with Crippen molar-refractivity contribution in [3.8, 4) is 11.1 Å². The van der Waals surface area contributed by atoms with Gasteiger partial charge in [-0.05, 0) is 30.2 Å². The fraction of sp³-hybridized carbons (Fsp3) is 0.100. The third-order valence-corrected chi connectivity index (χ3v) is 6.95. The lowest BCUT2D eigenvalue weighted by Gasteiger charge is -2.09. The maximum absolute atomic E-state index is 6.33. The second-order valence-electron chi connectivity index (χ2n) is 6.01. The van der Waals surface area contributed by atoms with Crippen molar-refractivity contribution in [1.82, 2.24) is 9.97 Å². The van der Waals surface area contributed by atoms with Crippen molar-refractivity contribution < 1.29 is 0 Å². The van der Waals surface area contributed by atoms with Gasteiger partial charge in [0.25, 0.3) is 0 Å². The molecular formula is C20H13Cl3N2S2. The summed E-state index contributed by atoms with van der Waals surface area (Å²) in [5, 5.41) is 5.78. The number of aryl methyl sites for hydroxylation is 1. The molecule has 7 heteroatoms. The molecule has 0 unspecified atom stereocenters. The normalized spacial score (nSPS) is 11.3. The Kier molecular flexibility index (Phi) is 5.62. The van der Waals surface area contributed by atoms with Crippen molar-refractivity contribution >= 4 is 68.1 Å². The minimum atomic E-state index is 0.530. The topological polar surface area (TPSA) is 25.8 Å². The van der Waals surface area contributed by atoms with E-state index in [-0.39, 0.29) is 0 Å². The largest absolute Gasteiger partial charge is 0.229 e. The molecule has 2 heterocycles. The fourth-order valence-corrected chi connectivity index (χ4v) is 5.91. The van der Waals surface area contributed by atoms with E-state index in [2.05, 4.69) is 46.5 Å². The van der Waals surface area contributed by atoms with E-state index in [9.17, 15) is 0 Å². The fourth-order valence-electron chi connectivity index (χ4n) is 2.75. The van der Waals surface area contributed by atoms with Gasteiger partial charge in [0.05, 0.1) is 5.39 Å². The summed E-state index contributed by atoms with van der Waals surface area (Å²) in [4.78, 5) is 9.92. The van der Waals surface area contributed by atoms with Crippen LogP contribution in [0.15, 0.2) is 53.1 Å². The van der Waals surface area contributed by atoms with E-state index in [1.807, 2.05) is 0 Å². The molecule has 2 nitrogen and oxygen atoms in total. The quantitative estimate of drug-likeness (QED) is 0.233. The van der Waals surface area contributed by atoms with E-state index in [1.54, 1.807) is 41.6 Å². The standard InChI is InChI=1S/C20H13Cl3N2S2/c1-11-2-4-12(5-3-11)14-8-26-19-18(14)20(25-10-24-19)27-9-15-16(22)6-13(21)7-17(15)23/h2-8,10H,9H2,1H3. The third kappa shape index (κ3) is 3.96. The van der Waals surface area contributed by atoms with Gasteiger partial charge in [-0.1, -0.05) is 64.6 Å². The van der Waals surface area contributed by atoms with Gasteiger partial charge in [-0.2, -0.15) is 0 Å². The molecule has 2 aromatic carbocycles. The molecule has 0 radical (unpaired) electrons. The summed E-state index contributed by atoms with van der Waals surface area (Å²) in [5.74, 6) is 0.601. The second-order valence-corrected chi connectivity index (χ2v) is 9.08. The Morgan fingerprint density at radius 1 is 1.00 bits per heavy atom. The first-order valence-electron chi connectivity index (χ1n) is 8.08. The molecule has 0 bridgehead atoms. The Balaban J connectivity index is 1.72. The monoisotopic (exact) mass is 450 g/mol. The number of rotatable bonds is 4. The van der Waals surface area contributed by atoms with Crippen LogP contribution >= 0.6 is 57.9 Å². The summed E-state index contributed by atoms with van der Waals surface area (Å²) >= 11 is 21.9. The zero-order valence-corrected chi connectivity index (χ0v) is 18.1. The van der Waals surface area contributed by atoms with Crippen LogP contribution in [-0.4, -0.2) is 9.97 Å². The minimum Gasteiger partial charge on any atom is -0.229 e. The first-order chi connectivity index (χ1) is 13.0. The molecular weight excluding hydrogens is 439 g/mol. The summed E-state index contributed by atoms with van der Waals surface area (Å²) in [6.45, 7) is 2.08. The van der Waals surface area contributed by atoms with Crippen LogP contribution in [0, 0.1) is 6.92 Å². The van der Waals surface area contributed by atoms with Crippen LogP contribution in [-0.2, 0) is 5.75 Å². The summed E-state index contributed by atoms with van der Waals surface area (Å²) in [6, 6.07) is 11.9. The van der Waals surface area contributed by atoms with Crippen molar-refractivity contribution in [2.24, 2.45) is 0 Å². The molecule has 0 fully saturated rings. The molecule has 4 rings (SSSR count). The van der Waals surface area contributed by atoms with Gasteiger partial charge in [-0.15, -0.1) is 23.1 Å². The third-order valence-electron chi connectivity index (χ3n) is 4.16. The number of thiophene rings is 1. The first kappa shape index (κ1) is 19.0. The van der Waals surface area contributed by atoms with Gasteiger partial charge >= 0.3 is 0 Å². The molecule has 27 heavy (non-hydrogen) atoms. The van der Waals surface area contributed by atoms with Crippen LogP contribution in [0.3, 0.4) is 0 Å². The van der Waals surface area contributed by atoms with Crippen molar-refractivity contribution in [3.05, 3.63) is 74.3 Å². The predicted molar refractivity (Wildman–Crippen MR) is 119 cm³/mol. The number of halogens is 3. The van der Waals surface area contributed by atoms with Crippen LogP contribution < -0.4 is 0 Å². The van der Waals surface area contributed by atoms with Crippen LogP contribution in [0.25, 0.3) is 21.3 Å². The highest BCUT2D eigenvalue weighted by Crippen LogP contribution is 2.40. The Labute approximate surface area is 180 Å². The molecule has 0 spiro atoms. The number of aromatic nitrogens is 2. The average Bonchev–Trinajstić information content (AvgIpc) is 3.06. The highest BCUT2D eigenvalue weighted by molar-refractivity contribution is 7.98. The van der Waals surface area contributed by atoms with Crippen LogP contribution in [0.4, 0.5) is 0 Å². The highest BCUT2D eigenvalue weighted by atomic mass is 35.5. The van der Waals surface area contributed by atoms with Gasteiger partial charge in [0.2, 0.25) is 0 Å². The maximum Gasteiger partial charge on any atom is 0.128 e. The van der Waals surface area contributed by atoms with E-state index in [1.165, 1.54) is 5.56 Å². The van der Waals surface area contributed by atoms with E-state index < -0.39 is 0 Å². The zero-order chi connectivity index (χ0) is 19.0. The summed E-state index contributed by atoms with van der Waals surface area (Å²) in [5.41, 5.74) is 4.39. The van der Waals surface area contributed by atoms with Crippen LogP contribution in [0.1, 0.15) is 11.1 Å². The molecule has 0 atom stereocenters. The highest BCUT2D eigenvalue weighted by Gasteiger charge is 2.15. The number of hydrogen-bond acceptors (Lipinski definition) is 4. The molecule has 0 saturated heterocycles. The van der Waals surface area contributed by atoms with Gasteiger partial charge in [0, 0.05) is 31.8 Å². The summed E-state index contributed by atoms with van der Waals surface area (Å²) in [7, 11) is 0. The molecule has 0 aliphatic heterocycles. The van der Waals surface area contributed by atoms with E-state index in [4.69, 9.17) is 34.8 Å². The number of nitrogens with zero attached hydrogens (tertiary/aromatic N) is 2. The van der Waals surface area contributed by atoms with E-state index >= 15 is 0 Å². The molecule has 2 aromatic heterocycles. The van der Waals surface area contributed by atoms with Gasteiger partial charge in [-0.3, -0.25) is 0 Å². The molecule has 0 N–H and O–H groups in total. The maximum atomic E-state index is 6.33. The Morgan fingerprint density at radius 2 is 1.70 bits per heavy atom. The molecule has 136 valence electrons. The number of benzene rings is 2. The first-order valence-corrected chi connectivity index (χ1v) is 11.1. The molecule has 4 aromatic rings. The smallest absolute Gasteiger partial charge is 0.128 e. The van der Waals surface area contributed by atoms with Gasteiger partial charge in [0.15, 0.2) is 0 Å². The Bertz CT molecular complexity index is 1100. The Hall–Kier alpha value is -1.30. The Morgan fingerprint density at radius 3 is 2.41 bits per heavy atom. The second kappa shape index (κ2) is 7.98. The lowest BCUT2D eigenvalue weighted by atomic mass is 10.1. The van der Waals surface area contributed by atoms with E-state index in [0.717, 1.165) is 31.9 Å². The minimum absolute atomic E-state index is 0.530. The van der Waals surface area contributed by atoms with Crippen molar-refractivity contribution in [3.63, 3.8) is 0 Å². The number of thioether (sulfide) groups is 1. The van der Waals surface area contributed by atoms with Crippen molar-refractivity contribution in [1.29, 1.82) is 0 Å². The molecule has 0 aliphatic carbocycles. The zero-order valence-electron chi connectivity index (χ0n) is 14.2. The average molecular weight is 452 g/mol. The van der Waals surface area contributed by atoms with Crippen LogP contribution in [0.2, 0.25) is 15.1 Å².